The Hall–Kier alpha value is -2.97. The van der Waals surface area contributed by atoms with Gasteiger partial charge in [-0.25, -0.2) is 9.97 Å². The number of anilines is 1. The molecule has 1 aliphatic heterocycles. The molecule has 1 amide bonds. The molecule has 8 heteroatoms. The summed E-state index contributed by atoms with van der Waals surface area (Å²) in [7, 11) is 0. The Kier molecular flexibility index (Phi) is 6.31. The highest BCUT2D eigenvalue weighted by molar-refractivity contribution is 8.16. The van der Waals surface area contributed by atoms with Gasteiger partial charge in [0, 0.05) is 0 Å². The number of hydrogen-bond donors (Lipinski definition) is 1. The molecule has 0 saturated carbocycles. The summed E-state index contributed by atoms with van der Waals surface area (Å²) in [6.07, 6.45) is 4.66. The summed E-state index contributed by atoms with van der Waals surface area (Å²) >= 11 is 3.98. The molecule has 0 spiro atoms. The van der Waals surface area contributed by atoms with Crippen molar-refractivity contribution in [3.8, 4) is 11.6 Å². The van der Waals surface area contributed by atoms with E-state index in [1.165, 1.54) is 23.5 Å². The summed E-state index contributed by atoms with van der Waals surface area (Å²) in [4.78, 5) is 21.1. The lowest BCUT2D eigenvalue weighted by Gasteiger charge is -2.21. The van der Waals surface area contributed by atoms with Crippen LogP contribution in [0.4, 0.5) is 5.69 Å². The second kappa shape index (κ2) is 9.67. The zero-order chi connectivity index (χ0) is 21.8. The zero-order valence-corrected chi connectivity index (χ0v) is 18.9. The van der Waals surface area contributed by atoms with Crippen molar-refractivity contribution in [3.05, 3.63) is 78.8 Å². The van der Waals surface area contributed by atoms with Gasteiger partial charge in [0.1, 0.15) is 17.9 Å². The number of pyridine rings is 1. The number of thioether (sulfide) groups is 2. The smallest absolute Gasteiger partial charge is 0.262 e. The van der Waals surface area contributed by atoms with E-state index in [-0.39, 0.29) is 12.5 Å². The number of fused-ring (bicyclic) bond motifs is 1. The van der Waals surface area contributed by atoms with Crippen molar-refractivity contribution in [3.63, 3.8) is 0 Å². The lowest BCUT2D eigenvalue weighted by molar-refractivity contribution is -0.118. The van der Waals surface area contributed by atoms with Gasteiger partial charge in [-0.15, -0.1) is 23.5 Å². The highest BCUT2D eigenvalue weighted by Gasteiger charge is 2.16. The molecule has 0 aliphatic carbocycles. The molecule has 2 aromatic heterocycles. The first kappa shape index (κ1) is 20.9. The normalized spacial score (nSPS) is 14.4. The standard InChI is InChI=1S/C24H22N4O2S2/c29-23(15-30-19-9-6-17(7-10-19)24-31-12-3-13-32-24)27-18-8-11-22(25-14-18)28-16-26-20-4-1-2-5-21(20)28/h1-2,4-11,14,16,24H,3,12-13,15H2,(H,27,29). The number of rotatable bonds is 6. The van der Waals surface area contributed by atoms with Crippen LogP contribution in [0, 0.1) is 0 Å². The van der Waals surface area contributed by atoms with Crippen molar-refractivity contribution in [1.29, 1.82) is 0 Å². The van der Waals surface area contributed by atoms with Gasteiger partial charge < -0.3 is 10.1 Å². The Morgan fingerprint density at radius 3 is 2.62 bits per heavy atom. The number of imidazole rings is 1. The van der Waals surface area contributed by atoms with E-state index in [0.717, 1.165) is 16.9 Å². The number of benzene rings is 2. The molecule has 0 unspecified atom stereocenters. The topological polar surface area (TPSA) is 69.0 Å². The van der Waals surface area contributed by atoms with Crippen LogP contribution in [0.25, 0.3) is 16.9 Å². The second-order valence-electron chi connectivity index (χ2n) is 7.34. The molecule has 1 saturated heterocycles. The van der Waals surface area contributed by atoms with E-state index in [2.05, 4.69) is 27.4 Å². The van der Waals surface area contributed by atoms with Crippen LogP contribution < -0.4 is 10.1 Å². The van der Waals surface area contributed by atoms with Gasteiger partial charge in [-0.05, 0) is 59.9 Å². The summed E-state index contributed by atoms with van der Waals surface area (Å²) in [5, 5.41) is 2.83. The first-order valence-corrected chi connectivity index (χ1v) is 12.5. The van der Waals surface area contributed by atoms with E-state index in [0.29, 0.717) is 16.0 Å². The first-order valence-electron chi connectivity index (χ1n) is 10.4. The largest absolute Gasteiger partial charge is 0.484 e. The van der Waals surface area contributed by atoms with Crippen LogP contribution >= 0.6 is 23.5 Å². The van der Waals surface area contributed by atoms with Crippen LogP contribution in [0.2, 0.25) is 0 Å². The van der Waals surface area contributed by atoms with Crippen molar-refractivity contribution in [2.24, 2.45) is 0 Å². The fraction of sp³-hybridized carbons (Fsp3) is 0.208. The molecule has 3 heterocycles. The van der Waals surface area contributed by atoms with Gasteiger partial charge in [0.15, 0.2) is 6.61 Å². The summed E-state index contributed by atoms with van der Waals surface area (Å²) in [5.74, 6) is 3.63. The average molecular weight is 463 g/mol. The number of ether oxygens (including phenoxy) is 1. The SMILES string of the molecule is O=C(COc1ccc(C2SCCCS2)cc1)Nc1ccc(-n2cnc3ccccc32)nc1. The van der Waals surface area contributed by atoms with Crippen LogP contribution in [0.1, 0.15) is 16.6 Å². The van der Waals surface area contributed by atoms with E-state index in [4.69, 9.17) is 4.74 Å². The maximum Gasteiger partial charge on any atom is 0.262 e. The summed E-state index contributed by atoms with van der Waals surface area (Å²) in [6.45, 7) is -0.0554. The third-order valence-corrected chi connectivity index (χ3v) is 8.10. The van der Waals surface area contributed by atoms with Crippen LogP contribution in [-0.2, 0) is 4.79 Å². The van der Waals surface area contributed by atoms with E-state index in [1.54, 1.807) is 12.5 Å². The van der Waals surface area contributed by atoms with Crippen molar-refractivity contribution in [1.82, 2.24) is 14.5 Å². The Morgan fingerprint density at radius 1 is 1.03 bits per heavy atom. The van der Waals surface area contributed by atoms with Crippen molar-refractivity contribution in [2.75, 3.05) is 23.4 Å². The van der Waals surface area contributed by atoms with Gasteiger partial charge in [0.2, 0.25) is 0 Å². The number of para-hydroxylation sites is 2. The highest BCUT2D eigenvalue weighted by atomic mass is 32.2. The molecule has 0 bridgehead atoms. The Labute approximate surface area is 194 Å². The molecule has 32 heavy (non-hydrogen) atoms. The minimum Gasteiger partial charge on any atom is -0.484 e. The summed E-state index contributed by atoms with van der Waals surface area (Å²) < 4.78 is 8.07. The number of carbonyl (C=O) groups excluding carboxylic acids is 1. The maximum absolute atomic E-state index is 12.3. The van der Waals surface area contributed by atoms with Crippen molar-refractivity contribution < 1.29 is 9.53 Å². The Bertz CT molecular complexity index is 1200. The second-order valence-corrected chi connectivity index (χ2v) is 10.1. The minimum atomic E-state index is -0.227. The Balaban J connectivity index is 1.16. The van der Waals surface area contributed by atoms with E-state index in [1.807, 2.05) is 76.6 Å². The molecular weight excluding hydrogens is 440 g/mol. The molecule has 1 N–H and O–H groups in total. The lowest BCUT2D eigenvalue weighted by Crippen LogP contribution is -2.20. The molecule has 0 radical (unpaired) electrons. The monoisotopic (exact) mass is 462 g/mol. The predicted molar refractivity (Wildman–Crippen MR) is 132 cm³/mol. The fourth-order valence-corrected chi connectivity index (χ4v) is 6.39. The molecular formula is C24H22N4O2S2. The van der Waals surface area contributed by atoms with Crippen LogP contribution in [0.5, 0.6) is 5.75 Å². The van der Waals surface area contributed by atoms with Gasteiger partial charge in [-0.2, -0.15) is 0 Å². The van der Waals surface area contributed by atoms with Gasteiger partial charge >= 0.3 is 0 Å². The fourth-order valence-electron chi connectivity index (χ4n) is 3.49. The molecule has 162 valence electrons. The predicted octanol–water partition coefficient (Wildman–Crippen LogP) is 5.31. The van der Waals surface area contributed by atoms with E-state index in [9.17, 15) is 4.79 Å². The lowest BCUT2D eigenvalue weighted by atomic mass is 10.2. The summed E-state index contributed by atoms with van der Waals surface area (Å²) in [6, 6.07) is 19.6. The van der Waals surface area contributed by atoms with Crippen LogP contribution in [0.3, 0.4) is 0 Å². The molecule has 5 rings (SSSR count). The average Bonchev–Trinajstić information content (AvgIpc) is 3.28. The van der Waals surface area contributed by atoms with Crippen LogP contribution in [-0.4, -0.2) is 38.6 Å². The summed E-state index contributed by atoms with van der Waals surface area (Å²) in [5.41, 5.74) is 3.81. The highest BCUT2D eigenvalue weighted by Crippen LogP contribution is 2.43. The number of nitrogens with zero attached hydrogens (tertiary/aromatic N) is 3. The first-order chi connectivity index (χ1) is 15.8. The van der Waals surface area contributed by atoms with E-state index < -0.39 is 0 Å². The van der Waals surface area contributed by atoms with E-state index >= 15 is 0 Å². The molecule has 4 aromatic rings. The number of amides is 1. The third-order valence-electron chi connectivity index (χ3n) is 5.08. The number of aromatic nitrogens is 3. The van der Waals surface area contributed by atoms with Crippen molar-refractivity contribution in [2.45, 2.75) is 11.0 Å². The minimum absolute atomic E-state index is 0.0554. The molecule has 2 aromatic carbocycles. The zero-order valence-electron chi connectivity index (χ0n) is 17.3. The van der Waals surface area contributed by atoms with Gasteiger partial charge in [0.25, 0.3) is 5.91 Å². The molecule has 1 aliphatic rings. The molecule has 6 nitrogen and oxygen atoms in total. The molecule has 0 atom stereocenters. The number of carbonyl (C=O) groups is 1. The molecule has 1 fully saturated rings. The quantitative estimate of drug-likeness (QED) is 0.419. The number of nitrogens with one attached hydrogen (secondary N) is 1. The van der Waals surface area contributed by atoms with Gasteiger partial charge in [-0.3, -0.25) is 9.36 Å². The van der Waals surface area contributed by atoms with Gasteiger partial charge in [-0.1, -0.05) is 24.3 Å². The third kappa shape index (κ3) is 4.76. The van der Waals surface area contributed by atoms with Crippen LogP contribution in [0.15, 0.2) is 73.2 Å². The number of hydrogen-bond acceptors (Lipinski definition) is 6. The van der Waals surface area contributed by atoms with Crippen molar-refractivity contribution >= 4 is 46.2 Å². The van der Waals surface area contributed by atoms with Gasteiger partial charge in [0.05, 0.1) is 27.5 Å². The maximum atomic E-state index is 12.3. The Morgan fingerprint density at radius 2 is 1.84 bits per heavy atom.